The lowest BCUT2D eigenvalue weighted by Crippen LogP contribution is -2.66. The van der Waals surface area contributed by atoms with Crippen LogP contribution in [0.25, 0.3) is 0 Å². The summed E-state index contributed by atoms with van der Waals surface area (Å²) in [6, 6.07) is 4.11. The number of nitrogens with one attached hydrogen (secondary N) is 2. The highest BCUT2D eigenvalue weighted by atomic mass is 16.5. The van der Waals surface area contributed by atoms with Crippen molar-refractivity contribution in [2.45, 2.75) is 38.6 Å². The zero-order valence-corrected chi connectivity index (χ0v) is 15.8. The minimum Gasteiger partial charge on any atom is -0.397 e. The zero-order valence-electron chi connectivity index (χ0n) is 15.8. The van der Waals surface area contributed by atoms with Crippen LogP contribution in [0.15, 0.2) is 12.1 Å². The van der Waals surface area contributed by atoms with Gasteiger partial charge in [0.25, 0.3) is 5.91 Å². The summed E-state index contributed by atoms with van der Waals surface area (Å²) >= 11 is 0. The largest absolute Gasteiger partial charge is 0.397 e. The molecule has 1 spiro atoms. The van der Waals surface area contributed by atoms with Gasteiger partial charge >= 0.3 is 0 Å². The number of anilines is 3. The van der Waals surface area contributed by atoms with E-state index in [0.29, 0.717) is 16.7 Å². The quantitative estimate of drug-likeness (QED) is 0.721. The number of hydrogen-bond donors (Lipinski definition) is 3. The van der Waals surface area contributed by atoms with Crippen LogP contribution in [0.1, 0.15) is 43.0 Å². The molecule has 2 saturated heterocycles. The molecule has 0 radical (unpaired) electrons. The second kappa shape index (κ2) is 6.65. The van der Waals surface area contributed by atoms with Gasteiger partial charge < -0.3 is 26.0 Å². The summed E-state index contributed by atoms with van der Waals surface area (Å²) in [4.78, 5) is 15.3. The molecule has 0 bridgehead atoms. The first kappa shape index (κ1) is 17.5. The van der Waals surface area contributed by atoms with Gasteiger partial charge in [0.15, 0.2) is 0 Å². The topological polar surface area (TPSA) is 79.6 Å². The summed E-state index contributed by atoms with van der Waals surface area (Å²) in [5.74, 6) is 0.769. The number of amides is 1. The van der Waals surface area contributed by atoms with Crippen molar-refractivity contribution < 1.29 is 9.53 Å². The Balaban J connectivity index is 1.53. The van der Waals surface area contributed by atoms with E-state index in [4.69, 9.17) is 10.5 Å². The summed E-state index contributed by atoms with van der Waals surface area (Å²) in [6.07, 6.45) is 4.51. The molecule has 1 aromatic rings. The fourth-order valence-corrected chi connectivity index (χ4v) is 4.44. The van der Waals surface area contributed by atoms with Gasteiger partial charge in [0.1, 0.15) is 0 Å². The van der Waals surface area contributed by atoms with Gasteiger partial charge in [-0.1, -0.05) is 6.92 Å². The first-order valence-corrected chi connectivity index (χ1v) is 9.74. The number of nitrogens with zero attached hydrogens (tertiary/aromatic N) is 1. The second-order valence-corrected chi connectivity index (χ2v) is 8.49. The highest BCUT2D eigenvalue weighted by Crippen LogP contribution is 2.42. The summed E-state index contributed by atoms with van der Waals surface area (Å²) in [6.45, 7) is 5.85. The van der Waals surface area contributed by atoms with E-state index >= 15 is 0 Å². The summed E-state index contributed by atoms with van der Waals surface area (Å²) in [5.41, 5.74) is 9.61. The summed E-state index contributed by atoms with van der Waals surface area (Å²) in [5, 5.41) is 6.38. The van der Waals surface area contributed by atoms with Crippen LogP contribution < -0.4 is 21.3 Å². The lowest BCUT2D eigenvalue weighted by molar-refractivity contribution is -0.127. The number of benzene rings is 1. The third-order valence-corrected chi connectivity index (χ3v) is 6.24. The first-order chi connectivity index (χ1) is 12.5. The number of nitrogen functional groups attached to an aromatic ring is 1. The normalized spacial score (nSPS) is 26.8. The van der Waals surface area contributed by atoms with Crippen molar-refractivity contribution in [1.82, 2.24) is 5.32 Å². The molecular weight excluding hydrogens is 328 g/mol. The number of nitrogens with two attached hydrogens (primary N) is 1. The van der Waals surface area contributed by atoms with E-state index in [2.05, 4.69) is 22.5 Å². The molecule has 1 amide bonds. The summed E-state index contributed by atoms with van der Waals surface area (Å²) < 4.78 is 5.38. The molecule has 4 rings (SSSR count). The van der Waals surface area contributed by atoms with Crippen LogP contribution in [-0.2, 0) is 4.74 Å². The maximum Gasteiger partial charge on any atom is 0.253 e. The molecule has 26 heavy (non-hydrogen) atoms. The van der Waals surface area contributed by atoms with Gasteiger partial charge in [-0.25, -0.2) is 0 Å². The van der Waals surface area contributed by atoms with Crippen LogP contribution in [0.3, 0.4) is 0 Å². The second-order valence-electron chi connectivity index (χ2n) is 8.49. The molecule has 1 aromatic carbocycles. The van der Waals surface area contributed by atoms with Crippen LogP contribution in [0, 0.1) is 11.3 Å². The minimum atomic E-state index is -0.000263. The lowest BCUT2D eigenvalue weighted by Gasteiger charge is -2.56. The minimum absolute atomic E-state index is 0.000263. The molecule has 6 nitrogen and oxygen atoms in total. The number of hydrogen-bond acceptors (Lipinski definition) is 5. The number of ether oxygens (including phenoxy) is 1. The number of carbonyl (C=O) groups is 1. The lowest BCUT2D eigenvalue weighted by atomic mass is 9.77. The first-order valence-electron chi connectivity index (χ1n) is 9.74. The van der Waals surface area contributed by atoms with Crippen molar-refractivity contribution in [3.05, 3.63) is 17.7 Å². The van der Waals surface area contributed by atoms with E-state index in [9.17, 15) is 4.79 Å². The number of rotatable bonds is 4. The molecule has 142 valence electrons. The molecule has 2 heterocycles. The average Bonchev–Trinajstić information content (AvgIpc) is 2.55. The Morgan fingerprint density at radius 1 is 1.23 bits per heavy atom. The highest BCUT2D eigenvalue weighted by Gasteiger charge is 2.49. The molecule has 1 aliphatic carbocycles. The number of carbonyl (C=O) groups excluding carboxylic acids is 1. The molecule has 4 N–H and O–H groups in total. The van der Waals surface area contributed by atoms with Gasteiger partial charge in [0, 0.05) is 26.2 Å². The van der Waals surface area contributed by atoms with Gasteiger partial charge in [-0.3, -0.25) is 4.79 Å². The molecule has 3 fully saturated rings. The van der Waals surface area contributed by atoms with Crippen LogP contribution in [0.4, 0.5) is 17.1 Å². The molecule has 0 unspecified atom stereocenters. The Morgan fingerprint density at radius 2 is 1.92 bits per heavy atom. The van der Waals surface area contributed by atoms with Crippen molar-refractivity contribution >= 4 is 23.0 Å². The van der Waals surface area contributed by atoms with E-state index in [1.165, 1.54) is 12.8 Å². The van der Waals surface area contributed by atoms with E-state index in [1.807, 2.05) is 19.2 Å². The Bertz CT molecular complexity index is 685. The smallest absolute Gasteiger partial charge is 0.253 e. The van der Waals surface area contributed by atoms with E-state index in [1.54, 1.807) is 0 Å². The van der Waals surface area contributed by atoms with E-state index in [0.717, 1.165) is 56.4 Å². The third-order valence-electron chi connectivity index (χ3n) is 6.24. The van der Waals surface area contributed by atoms with E-state index < -0.39 is 0 Å². The van der Waals surface area contributed by atoms with Gasteiger partial charge in [-0.2, -0.15) is 0 Å². The van der Waals surface area contributed by atoms with Crippen LogP contribution in [0.2, 0.25) is 0 Å². The van der Waals surface area contributed by atoms with Gasteiger partial charge in [0.05, 0.1) is 41.3 Å². The third kappa shape index (κ3) is 3.11. The van der Waals surface area contributed by atoms with Crippen LogP contribution >= 0.6 is 0 Å². The fraction of sp³-hybridized carbons (Fsp3) is 0.650. The maximum absolute atomic E-state index is 13.0. The molecule has 2 aliphatic heterocycles. The SMILES string of the molecule is CNc1cc(N2CC3(COC3)C2)c(C(=O)N[C@H]2CC[C@H](C)CC2)cc1N. The van der Waals surface area contributed by atoms with Gasteiger partial charge in [-0.15, -0.1) is 0 Å². The molecule has 1 saturated carbocycles. The Hall–Kier alpha value is -1.95. The fourth-order valence-electron chi connectivity index (χ4n) is 4.44. The van der Waals surface area contributed by atoms with Gasteiger partial charge in [0.2, 0.25) is 0 Å². The zero-order chi connectivity index (χ0) is 18.3. The molecule has 0 atom stereocenters. The van der Waals surface area contributed by atoms with Crippen molar-refractivity contribution in [3.8, 4) is 0 Å². The van der Waals surface area contributed by atoms with Crippen LogP contribution in [0.5, 0.6) is 0 Å². The Labute approximate surface area is 155 Å². The summed E-state index contributed by atoms with van der Waals surface area (Å²) in [7, 11) is 1.86. The monoisotopic (exact) mass is 358 g/mol. The van der Waals surface area contributed by atoms with Crippen LogP contribution in [-0.4, -0.2) is 45.3 Å². The van der Waals surface area contributed by atoms with Gasteiger partial charge in [-0.05, 0) is 43.7 Å². The van der Waals surface area contributed by atoms with Crippen molar-refractivity contribution in [2.24, 2.45) is 11.3 Å². The Kier molecular flexibility index (Phi) is 4.47. The Morgan fingerprint density at radius 3 is 2.50 bits per heavy atom. The predicted octanol–water partition coefficient (Wildman–Crippen LogP) is 2.46. The van der Waals surface area contributed by atoms with Crippen molar-refractivity contribution in [3.63, 3.8) is 0 Å². The predicted molar refractivity (Wildman–Crippen MR) is 105 cm³/mol. The standard InChI is InChI=1S/C20H30N4O2/c1-13-3-5-14(6-4-13)23-19(25)15-7-16(21)17(22-2)8-18(15)24-9-20(10-24)11-26-12-20/h7-8,13-14,22H,3-6,9-12,21H2,1-2H3,(H,23,25)/t13-,14-. The molecule has 0 aromatic heterocycles. The molecule has 6 heteroatoms. The van der Waals surface area contributed by atoms with E-state index in [-0.39, 0.29) is 11.9 Å². The van der Waals surface area contributed by atoms with Crippen molar-refractivity contribution in [2.75, 3.05) is 49.3 Å². The average molecular weight is 358 g/mol. The molecular formula is C20H30N4O2. The maximum atomic E-state index is 13.0. The van der Waals surface area contributed by atoms with Crippen molar-refractivity contribution in [1.29, 1.82) is 0 Å². The molecule has 3 aliphatic rings. The highest BCUT2D eigenvalue weighted by molar-refractivity contribution is 6.02.